The lowest BCUT2D eigenvalue weighted by molar-refractivity contribution is 0.102. The molecular weight excluding hydrogens is 443 g/mol. The van der Waals surface area contributed by atoms with Crippen LogP contribution >= 0.6 is 11.3 Å². The number of amides is 1. The average Bonchev–Trinajstić information content (AvgIpc) is 3.35. The van der Waals surface area contributed by atoms with E-state index in [1.54, 1.807) is 37.2 Å². The Morgan fingerprint density at radius 2 is 2.00 bits per heavy atom. The first-order chi connectivity index (χ1) is 15.8. The van der Waals surface area contributed by atoms with E-state index in [0.717, 1.165) is 23.5 Å². The predicted molar refractivity (Wildman–Crippen MR) is 129 cm³/mol. The molecule has 0 radical (unpaired) electrons. The van der Waals surface area contributed by atoms with E-state index in [2.05, 4.69) is 39.5 Å². The van der Waals surface area contributed by atoms with Crippen LogP contribution in [0.15, 0.2) is 30.5 Å². The molecule has 0 aliphatic carbocycles. The highest BCUT2D eigenvalue weighted by Crippen LogP contribution is 2.38. The van der Waals surface area contributed by atoms with E-state index in [4.69, 9.17) is 4.74 Å². The maximum atomic E-state index is 14.5. The molecule has 3 heterocycles. The number of methoxy groups -OCH3 is 1. The minimum Gasteiger partial charge on any atom is -0.473 e. The second-order valence-corrected chi connectivity index (χ2v) is 9.48. The van der Waals surface area contributed by atoms with Crippen molar-refractivity contribution in [3.8, 4) is 5.19 Å². The van der Waals surface area contributed by atoms with E-state index >= 15 is 0 Å². The maximum absolute atomic E-state index is 14.5. The maximum Gasteiger partial charge on any atom is 0.274 e. The molecule has 2 aromatic heterocycles. The minimum absolute atomic E-state index is 0.269. The number of ether oxygens (including phenoxy) is 1. The molecule has 172 valence electrons. The summed E-state index contributed by atoms with van der Waals surface area (Å²) >= 11 is 1.42. The van der Waals surface area contributed by atoms with Crippen LogP contribution in [0.4, 0.5) is 15.8 Å². The Bertz CT molecular complexity index is 1360. The molecule has 5 rings (SSSR count). The van der Waals surface area contributed by atoms with Crippen molar-refractivity contribution in [2.75, 3.05) is 30.4 Å². The van der Waals surface area contributed by atoms with Gasteiger partial charge < -0.3 is 20.3 Å². The standard InChI is InChI=1S/C23H25FN6O2S/c1-12-9-30(10-13(2)25-12)18-6-5-16(20-21(18)33-23(27-20)32-4)22(31)26-15-7-14-11-29(3)28-19(14)17(24)8-15/h5-8,11-13,25H,9-10H2,1-4H3,(H,26,31). The van der Waals surface area contributed by atoms with Crippen LogP contribution < -0.4 is 20.3 Å². The van der Waals surface area contributed by atoms with Crippen LogP contribution in [0.2, 0.25) is 0 Å². The lowest BCUT2D eigenvalue weighted by Gasteiger charge is -2.37. The highest BCUT2D eigenvalue weighted by atomic mass is 32.1. The molecule has 2 N–H and O–H groups in total. The van der Waals surface area contributed by atoms with Gasteiger partial charge in [-0.2, -0.15) is 5.10 Å². The number of halogens is 1. The van der Waals surface area contributed by atoms with Gasteiger partial charge in [0.15, 0.2) is 5.82 Å². The van der Waals surface area contributed by atoms with Crippen LogP contribution in [0.3, 0.4) is 0 Å². The molecule has 0 spiro atoms. The SMILES string of the molecule is COc1nc2c(C(=O)Nc3cc(F)c4nn(C)cc4c3)ccc(N3CC(C)NC(C)C3)c2s1. The highest BCUT2D eigenvalue weighted by Gasteiger charge is 2.26. The van der Waals surface area contributed by atoms with Crippen LogP contribution in [0.25, 0.3) is 21.1 Å². The smallest absolute Gasteiger partial charge is 0.274 e. The van der Waals surface area contributed by atoms with Crippen LogP contribution in [0, 0.1) is 5.82 Å². The lowest BCUT2D eigenvalue weighted by atomic mass is 10.1. The zero-order chi connectivity index (χ0) is 23.3. The van der Waals surface area contributed by atoms with Gasteiger partial charge in [-0.15, -0.1) is 0 Å². The van der Waals surface area contributed by atoms with Crippen molar-refractivity contribution in [2.45, 2.75) is 25.9 Å². The Morgan fingerprint density at radius 3 is 2.73 bits per heavy atom. The molecule has 2 aromatic carbocycles. The topological polar surface area (TPSA) is 84.3 Å². The second-order valence-electron chi connectivity index (χ2n) is 8.52. The van der Waals surface area contributed by atoms with E-state index in [1.165, 1.54) is 17.4 Å². The number of benzene rings is 2. The lowest BCUT2D eigenvalue weighted by Crippen LogP contribution is -2.54. The van der Waals surface area contributed by atoms with Crippen molar-refractivity contribution in [1.82, 2.24) is 20.1 Å². The predicted octanol–water partition coefficient (Wildman–Crippen LogP) is 3.77. The quantitative estimate of drug-likeness (QED) is 0.474. The fourth-order valence-corrected chi connectivity index (χ4v) is 5.45. The van der Waals surface area contributed by atoms with Gasteiger partial charge in [-0.1, -0.05) is 11.3 Å². The van der Waals surface area contributed by atoms with E-state index in [9.17, 15) is 9.18 Å². The van der Waals surface area contributed by atoms with Crippen LogP contribution in [-0.2, 0) is 7.05 Å². The Balaban J connectivity index is 1.52. The fourth-order valence-electron chi connectivity index (χ4n) is 4.50. The highest BCUT2D eigenvalue weighted by molar-refractivity contribution is 7.21. The van der Waals surface area contributed by atoms with Gasteiger partial charge >= 0.3 is 0 Å². The number of carbonyl (C=O) groups excluding carboxylic acids is 1. The summed E-state index contributed by atoms with van der Waals surface area (Å²) in [5.74, 6) is -0.842. The Morgan fingerprint density at radius 1 is 1.24 bits per heavy atom. The summed E-state index contributed by atoms with van der Waals surface area (Å²) in [4.78, 5) is 20.1. The molecule has 1 aliphatic heterocycles. The van der Waals surface area contributed by atoms with Crippen molar-refractivity contribution in [1.29, 1.82) is 0 Å². The minimum atomic E-state index is -0.485. The molecule has 4 aromatic rings. The third-order valence-electron chi connectivity index (χ3n) is 5.76. The number of piperazine rings is 1. The largest absolute Gasteiger partial charge is 0.473 e. The van der Waals surface area contributed by atoms with E-state index in [1.807, 2.05) is 6.07 Å². The summed E-state index contributed by atoms with van der Waals surface area (Å²) in [6.07, 6.45) is 1.71. The molecule has 1 aliphatic rings. The van der Waals surface area contributed by atoms with Crippen molar-refractivity contribution in [3.63, 3.8) is 0 Å². The molecule has 0 bridgehead atoms. The number of hydrogen-bond donors (Lipinski definition) is 2. The Labute approximate surface area is 194 Å². The summed E-state index contributed by atoms with van der Waals surface area (Å²) in [5.41, 5.74) is 2.66. The van der Waals surface area contributed by atoms with Crippen LogP contribution in [0.5, 0.6) is 5.19 Å². The number of nitrogens with one attached hydrogen (secondary N) is 2. The molecule has 2 atom stereocenters. The van der Waals surface area contributed by atoms with E-state index in [0.29, 0.717) is 39.4 Å². The Hall–Kier alpha value is -3.24. The second kappa shape index (κ2) is 8.27. The zero-order valence-corrected chi connectivity index (χ0v) is 19.7. The number of thiazole rings is 1. The van der Waals surface area contributed by atoms with Gasteiger partial charge in [0.2, 0.25) is 0 Å². The number of anilines is 2. The summed E-state index contributed by atoms with van der Waals surface area (Å²) < 4.78 is 22.3. The molecule has 1 fully saturated rings. The monoisotopic (exact) mass is 468 g/mol. The van der Waals surface area contributed by atoms with Gasteiger partial charge in [0.25, 0.3) is 11.1 Å². The van der Waals surface area contributed by atoms with Crippen molar-refractivity contribution in [2.24, 2.45) is 7.05 Å². The molecule has 8 nitrogen and oxygen atoms in total. The van der Waals surface area contributed by atoms with Crippen LogP contribution in [0.1, 0.15) is 24.2 Å². The summed E-state index contributed by atoms with van der Waals surface area (Å²) in [5, 5.41) is 11.6. The fraction of sp³-hybridized carbons (Fsp3) is 0.348. The van der Waals surface area contributed by atoms with E-state index < -0.39 is 5.82 Å². The third kappa shape index (κ3) is 4.00. The normalized spacial score (nSPS) is 18.8. The van der Waals surface area contributed by atoms with Gasteiger partial charge in [-0.05, 0) is 38.1 Å². The molecular formula is C23H25FN6O2S. The number of rotatable bonds is 4. The first kappa shape index (κ1) is 21.6. The molecule has 0 saturated carbocycles. The number of fused-ring (bicyclic) bond motifs is 2. The molecule has 10 heteroatoms. The number of aryl methyl sites for hydroxylation is 1. The number of aromatic nitrogens is 3. The third-order valence-corrected chi connectivity index (χ3v) is 6.79. The van der Waals surface area contributed by atoms with Gasteiger partial charge in [0.1, 0.15) is 11.0 Å². The summed E-state index contributed by atoms with van der Waals surface area (Å²) in [6.45, 7) is 6.03. The van der Waals surface area contributed by atoms with Crippen molar-refractivity contribution >= 4 is 49.7 Å². The van der Waals surface area contributed by atoms with Gasteiger partial charge in [0, 0.05) is 49.5 Å². The summed E-state index contributed by atoms with van der Waals surface area (Å²) in [7, 11) is 3.30. The molecule has 1 amide bonds. The zero-order valence-electron chi connectivity index (χ0n) is 18.8. The van der Waals surface area contributed by atoms with Gasteiger partial charge in [0.05, 0.1) is 23.1 Å². The number of hydrogen-bond acceptors (Lipinski definition) is 7. The number of carbonyl (C=O) groups is 1. The first-order valence-electron chi connectivity index (χ1n) is 10.7. The first-order valence-corrected chi connectivity index (χ1v) is 11.6. The van der Waals surface area contributed by atoms with Gasteiger partial charge in [-0.3, -0.25) is 9.48 Å². The van der Waals surface area contributed by atoms with Crippen molar-refractivity contribution in [3.05, 3.63) is 41.8 Å². The summed E-state index contributed by atoms with van der Waals surface area (Å²) in [6, 6.07) is 7.43. The van der Waals surface area contributed by atoms with Gasteiger partial charge in [-0.25, -0.2) is 9.37 Å². The molecule has 33 heavy (non-hydrogen) atoms. The van der Waals surface area contributed by atoms with Crippen LogP contribution in [-0.4, -0.2) is 53.0 Å². The Kier molecular flexibility index (Phi) is 5.41. The van der Waals surface area contributed by atoms with E-state index in [-0.39, 0.29) is 11.4 Å². The number of nitrogens with zero attached hydrogens (tertiary/aromatic N) is 4. The molecule has 1 saturated heterocycles. The average molecular weight is 469 g/mol. The molecule has 2 unspecified atom stereocenters. The van der Waals surface area contributed by atoms with Crippen molar-refractivity contribution < 1.29 is 13.9 Å².